The molecule has 0 saturated heterocycles. The van der Waals surface area contributed by atoms with Crippen molar-refractivity contribution in [3.63, 3.8) is 0 Å². The van der Waals surface area contributed by atoms with Crippen molar-refractivity contribution in [3.8, 4) is 0 Å². The molecule has 0 bridgehead atoms. The van der Waals surface area contributed by atoms with Gasteiger partial charge in [-0.25, -0.2) is 4.39 Å². The first-order valence-corrected chi connectivity index (χ1v) is 6.98. The highest BCUT2D eigenvalue weighted by atomic mass is 79.9. The van der Waals surface area contributed by atoms with Crippen LogP contribution in [0, 0.1) is 5.82 Å². The lowest BCUT2D eigenvalue weighted by Gasteiger charge is -2.13. The van der Waals surface area contributed by atoms with E-state index in [1.807, 2.05) is 0 Å². The lowest BCUT2D eigenvalue weighted by Crippen LogP contribution is -2.07. The minimum Gasteiger partial charge on any atom is -0.380 e. The highest BCUT2D eigenvalue weighted by Gasteiger charge is 2.30. The molecule has 2 aromatic carbocycles. The van der Waals surface area contributed by atoms with Gasteiger partial charge >= 0.3 is 6.18 Å². The fourth-order valence-corrected chi connectivity index (χ4v) is 2.38. The van der Waals surface area contributed by atoms with E-state index in [2.05, 4.69) is 21.2 Å². The van der Waals surface area contributed by atoms with Crippen molar-refractivity contribution in [2.45, 2.75) is 12.7 Å². The molecule has 0 amide bonds. The Hall–Kier alpha value is -1.27. The average molecular weight is 383 g/mol. The Labute approximate surface area is 132 Å². The van der Waals surface area contributed by atoms with Gasteiger partial charge in [0.25, 0.3) is 0 Å². The smallest absolute Gasteiger partial charge is 0.380 e. The first-order valence-electron chi connectivity index (χ1n) is 5.81. The van der Waals surface area contributed by atoms with Gasteiger partial charge in [-0.1, -0.05) is 11.6 Å². The van der Waals surface area contributed by atoms with Crippen molar-refractivity contribution in [3.05, 3.63) is 62.8 Å². The van der Waals surface area contributed by atoms with E-state index < -0.39 is 17.6 Å². The van der Waals surface area contributed by atoms with Crippen LogP contribution in [-0.4, -0.2) is 0 Å². The van der Waals surface area contributed by atoms with Crippen molar-refractivity contribution < 1.29 is 17.6 Å². The van der Waals surface area contributed by atoms with Crippen molar-refractivity contribution in [2.24, 2.45) is 0 Å². The van der Waals surface area contributed by atoms with E-state index in [0.717, 1.165) is 18.2 Å². The first kappa shape index (κ1) is 16.1. The quantitative estimate of drug-likeness (QED) is 0.654. The van der Waals surface area contributed by atoms with Crippen LogP contribution in [0.25, 0.3) is 0 Å². The number of anilines is 1. The van der Waals surface area contributed by atoms with Gasteiger partial charge < -0.3 is 5.32 Å². The van der Waals surface area contributed by atoms with Crippen molar-refractivity contribution in [2.75, 3.05) is 5.32 Å². The molecular formula is C14H9BrClF4N. The molecule has 0 saturated carbocycles. The van der Waals surface area contributed by atoms with Crippen LogP contribution in [0.5, 0.6) is 0 Å². The summed E-state index contributed by atoms with van der Waals surface area (Å²) in [5.41, 5.74) is 0.0417. The van der Waals surface area contributed by atoms with E-state index >= 15 is 0 Å². The zero-order chi connectivity index (χ0) is 15.6. The highest BCUT2D eigenvalue weighted by molar-refractivity contribution is 9.10. The van der Waals surface area contributed by atoms with Gasteiger partial charge in [0.2, 0.25) is 0 Å². The van der Waals surface area contributed by atoms with E-state index in [-0.39, 0.29) is 17.3 Å². The topological polar surface area (TPSA) is 12.0 Å². The normalized spacial score (nSPS) is 11.5. The third-order valence-corrected chi connectivity index (χ3v) is 3.61. The zero-order valence-electron chi connectivity index (χ0n) is 10.4. The Balaban J connectivity index is 2.19. The van der Waals surface area contributed by atoms with Gasteiger partial charge in [0.1, 0.15) is 5.82 Å². The Kier molecular flexibility index (Phi) is 4.78. The highest BCUT2D eigenvalue weighted by Crippen LogP contribution is 2.34. The predicted molar refractivity (Wildman–Crippen MR) is 77.9 cm³/mol. The Morgan fingerprint density at radius 2 is 1.81 bits per heavy atom. The summed E-state index contributed by atoms with van der Waals surface area (Å²) in [5, 5.41) is 3.06. The second-order valence-electron chi connectivity index (χ2n) is 4.32. The van der Waals surface area contributed by atoms with E-state index in [1.54, 1.807) is 6.07 Å². The molecule has 0 aliphatic carbocycles. The third kappa shape index (κ3) is 4.35. The van der Waals surface area contributed by atoms with Crippen LogP contribution in [0.3, 0.4) is 0 Å². The maximum Gasteiger partial charge on any atom is 0.416 e. The Morgan fingerprint density at radius 3 is 2.43 bits per heavy atom. The van der Waals surface area contributed by atoms with Gasteiger partial charge in [-0.05, 0) is 57.9 Å². The number of rotatable bonds is 3. The summed E-state index contributed by atoms with van der Waals surface area (Å²) >= 11 is 8.89. The maximum absolute atomic E-state index is 13.2. The van der Waals surface area contributed by atoms with Crippen LogP contribution >= 0.6 is 27.5 Å². The molecule has 2 rings (SSSR count). The Morgan fingerprint density at radius 1 is 1.10 bits per heavy atom. The predicted octanol–water partition coefficient (Wildman–Crippen LogP) is 5.87. The van der Waals surface area contributed by atoms with Gasteiger partial charge in [0.05, 0.1) is 5.56 Å². The number of nitrogens with one attached hydrogen (secondary N) is 1. The molecular weight excluding hydrogens is 374 g/mol. The average Bonchev–Trinajstić information content (AvgIpc) is 2.35. The largest absolute Gasteiger partial charge is 0.416 e. The van der Waals surface area contributed by atoms with Crippen LogP contribution in [0.1, 0.15) is 11.1 Å². The van der Waals surface area contributed by atoms with E-state index in [9.17, 15) is 17.6 Å². The van der Waals surface area contributed by atoms with Crippen molar-refractivity contribution in [1.82, 2.24) is 0 Å². The van der Waals surface area contributed by atoms with Crippen LogP contribution < -0.4 is 5.32 Å². The molecule has 0 fully saturated rings. The van der Waals surface area contributed by atoms with Crippen molar-refractivity contribution in [1.29, 1.82) is 0 Å². The van der Waals surface area contributed by atoms with Gasteiger partial charge in [-0.2, -0.15) is 13.2 Å². The molecule has 0 aliphatic heterocycles. The second kappa shape index (κ2) is 6.23. The number of halogens is 6. The maximum atomic E-state index is 13.2. The van der Waals surface area contributed by atoms with Gasteiger partial charge in [-0.15, -0.1) is 0 Å². The molecule has 1 nitrogen and oxygen atoms in total. The molecule has 2 aromatic rings. The van der Waals surface area contributed by atoms with Crippen LogP contribution in [-0.2, 0) is 12.7 Å². The molecule has 0 heterocycles. The number of alkyl halides is 3. The molecule has 7 heteroatoms. The van der Waals surface area contributed by atoms with Crippen LogP contribution in [0.4, 0.5) is 23.2 Å². The Bertz CT molecular complexity index is 638. The summed E-state index contributed by atoms with van der Waals surface area (Å²) < 4.78 is 51.6. The fraction of sp³-hybridized carbons (Fsp3) is 0.143. The van der Waals surface area contributed by atoms with Crippen LogP contribution in [0.15, 0.2) is 40.9 Å². The summed E-state index contributed by atoms with van der Waals surface area (Å²) in [4.78, 5) is 0. The zero-order valence-corrected chi connectivity index (χ0v) is 12.8. The standard InChI is InChI=1S/C14H9BrClF4N/c15-12-2-1-9(14(18,19)20)5-13(12)21-7-8-3-10(16)6-11(17)4-8/h1-6,21H,7H2. The van der Waals surface area contributed by atoms with Crippen LogP contribution in [0.2, 0.25) is 5.02 Å². The minimum absolute atomic E-state index is 0.150. The molecule has 0 aromatic heterocycles. The fourth-order valence-electron chi connectivity index (χ4n) is 1.75. The minimum atomic E-state index is -4.42. The molecule has 21 heavy (non-hydrogen) atoms. The number of hydrogen-bond acceptors (Lipinski definition) is 1. The summed E-state index contributed by atoms with van der Waals surface area (Å²) in [6, 6.07) is 7.24. The molecule has 112 valence electrons. The van der Waals surface area contributed by atoms with Gasteiger partial charge in [0.15, 0.2) is 0 Å². The third-order valence-electron chi connectivity index (χ3n) is 2.70. The van der Waals surface area contributed by atoms with E-state index in [0.29, 0.717) is 10.0 Å². The lowest BCUT2D eigenvalue weighted by molar-refractivity contribution is -0.137. The summed E-state index contributed by atoms with van der Waals surface area (Å²) in [7, 11) is 0. The van der Waals surface area contributed by atoms with Gasteiger partial charge in [0, 0.05) is 21.7 Å². The monoisotopic (exact) mass is 381 g/mol. The molecule has 0 radical (unpaired) electrons. The SMILES string of the molecule is Fc1cc(Cl)cc(CNc2cc(C(F)(F)F)ccc2Br)c1. The van der Waals surface area contributed by atoms with E-state index in [1.165, 1.54) is 12.1 Å². The summed E-state index contributed by atoms with van der Waals surface area (Å²) in [6.45, 7) is 0.150. The molecule has 0 aliphatic rings. The number of hydrogen-bond donors (Lipinski definition) is 1. The van der Waals surface area contributed by atoms with Crippen molar-refractivity contribution >= 4 is 33.2 Å². The summed E-state index contributed by atoms with van der Waals surface area (Å²) in [5.74, 6) is -0.498. The molecule has 0 spiro atoms. The molecule has 0 unspecified atom stereocenters. The van der Waals surface area contributed by atoms with Gasteiger partial charge in [-0.3, -0.25) is 0 Å². The first-order chi connectivity index (χ1) is 9.75. The van der Waals surface area contributed by atoms with E-state index in [4.69, 9.17) is 11.6 Å². The lowest BCUT2D eigenvalue weighted by atomic mass is 10.1. The molecule has 1 N–H and O–H groups in total. The second-order valence-corrected chi connectivity index (χ2v) is 5.61. The molecule has 0 atom stereocenters. The summed E-state index contributed by atoms with van der Waals surface area (Å²) in [6.07, 6.45) is -4.42. The number of benzene rings is 2.